The van der Waals surface area contributed by atoms with E-state index in [4.69, 9.17) is 14.4 Å². The molecule has 0 fully saturated rings. The predicted molar refractivity (Wildman–Crippen MR) is 225 cm³/mol. The zero-order valence-corrected chi connectivity index (χ0v) is 29.7. The summed E-state index contributed by atoms with van der Waals surface area (Å²) in [5.74, 6) is 0.661. The van der Waals surface area contributed by atoms with Gasteiger partial charge in [-0.2, -0.15) is 0 Å². The van der Waals surface area contributed by atoms with Crippen LogP contribution in [0.3, 0.4) is 0 Å². The molecule has 0 aliphatic carbocycles. The molecule has 4 nitrogen and oxygen atoms in total. The lowest BCUT2D eigenvalue weighted by Crippen LogP contribution is -1.96. The minimum atomic E-state index is 0.661. The lowest BCUT2D eigenvalue weighted by atomic mass is 9.95. The first kappa shape index (κ1) is 30.7. The molecule has 0 bridgehead atoms. The minimum Gasteiger partial charge on any atom is -0.455 e. The van der Waals surface area contributed by atoms with Crippen LogP contribution >= 0.6 is 11.3 Å². The molecule has 7 aromatic carbocycles. The first-order valence-electron chi connectivity index (χ1n) is 18.0. The van der Waals surface area contributed by atoms with E-state index in [1.807, 2.05) is 35.7 Å². The number of rotatable bonds is 5. The van der Waals surface area contributed by atoms with Gasteiger partial charge in [0, 0.05) is 75.9 Å². The summed E-state index contributed by atoms with van der Waals surface area (Å²) in [6.07, 6.45) is 1.85. The minimum absolute atomic E-state index is 0.661. The quantitative estimate of drug-likeness (QED) is 0.179. The van der Waals surface area contributed by atoms with Crippen LogP contribution in [0.2, 0.25) is 0 Å². The third-order valence-corrected chi connectivity index (χ3v) is 11.6. The van der Waals surface area contributed by atoms with Crippen molar-refractivity contribution < 1.29 is 4.42 Å². The summed E-state index contributed by atoms with van der Waals surface area (Å²) in [4.78, 5) is 15.2. The van der Waals surface area contributed by atoms with E-state index >= 15 is 0 Å². The summed E-state index contributed by atoms with van der Waals surface area (Å²) >= 11 is 1.83. The average molecular weight is 708 g/mol. The Morgan fingerprint density at radius 2 is 1.17 bits per heavy atom. The van der Waals surface area contributed by atoms with Gasteiger partial charge < -0.3 is 4.42 Å². The van der Waals surface area contributed by atoms with Gasteiger partial charge in [0.2, 0.25) is 0 Å². The Hall–Kier alpha value is -6.95. The van der Waals surface area contributed by atoms with Crippen molar-refractivity contribution in [3.8, 4) is 56.2 Å². The van der Waals surface area contributed by atoms with Crippen LogP contribution in [0.5, 0.6) is 0 Å². The Bertz CT molecular complexity index is 3210. The topological polar surface area (TPSA) is 51.8 Å². The van der Waals surface area contributed by atoms with Crippen LogP contribution in [0.15, 0.2) is 180 Å². The van der Waals surface area contributed by atoms with Crippen LogP contribution in [0.1, 0.15) is 0 Å². The number of benzene rings is 7. The second-order valence-corrected chi connectivity index (χ2v) is 14.6. The monoisotopic (exact) mass is 707 g/mol. The van der Waals surface area contributed by atoms with Crippen LogP contribution < -0.4 is 0 Å². The van der Waals surface area contributed by atoms with Crippen molar-refractivity contribution in [3.05, 3.63) is 176 Å². The highest BCUT2D eigenvalue weighted by Gasteiger charge is 2.21. The van der Waals surface area contributed by atoms with Gasteiger partial charge in [-0.15, -0.1) is 11.3 Å². The molecule has 0 amide bonds. The summed E-state index contributed by atoms with van der Waals surface area (Å²) in [6, 6.07) is 59.3. The van der Waals surface area contributed by atoms with Gasteiger partial charge in [-0.25, -0.2) is 9.97 Å². The molecule has 0 atom stereocenters. The van der Waals surface area contributed by atoms with Crippen molar-refractivity contribution in [2.75, 3.05) is 0 Å². The van der Waals surface area contributed by atoms with Gasteiger partial charge in [-0.05, 0) is 35.9 Å². The van der Waals surface area contributed by atoms with Crippen LogP contribution in [-0.4, -0.2) is 15.0 Å². The molecule has 11 rings (SSSR count). The van der Waals surface area contributed by atoms with Crippen molar-refractivity contribution in [1.29, 1.82) is 0 Å². The molecule has 0 saturated carbocycles. The van der Waals surface area contributed by atoms with Crippen LogP contribution in [0.4, 0.5) is 0 Å². The van der Waals surface area contributed by atoms with Gasteiger partial charge in [0.1, 0.15) is 11.2 Å². The maximum atomic E-state index is 6.79. The highest BCUT2D eigenvalue weighted by molar-refractivity contribution is 7.26. The van der Waals surface area contributed by atoms with E-state index in [9.17, 15) is 0 Å². The SMILES string of the molecule is c1ccc(-c2cc(-c3ccc(-c4cccc5c4sc4ccccc45)c4oc5ccccc5c34)nc(-c3ccc(-c4cccc5cccnc45)cc3)n2)cc1. The van der Waals surface area contributed by atoms with Crippen LogP contribution in [0, 0.1) is 0 Å². The molecule has 0 radical (unpaired) electrons. The molecule has 11 aromatic rings. The fraction of sp³-hybridized carbons (Fsp3) is 0. The second kappa shape index (κ2) is 12.3. The third-order valence-electron chi connectivity index (χ3n) is 10.4. The predicted octanol–water partition coefficient (Wildman–Crippen LogP) is 13.6. The highest BCUT2D eigenvalue weighted by atomic mass is 32.1. The third kappa shape index (κ3) is 4.94. The molecule has 4 heterocycles. The van der Waals surface area contributed by atoms with Gasteiger partial charge in [0.25, 0.3) is 0 Å². The molecule has 252 valence electrons. The molecule has 0 aliphatic rings. The number of para-hydroxylation sites is 2. The Balaban J connectivity index is 1.11. The summed E-state index contributed by atoms with van der Waals surface area (Å²) in [7, 11) is 0. The normalized spacial score (nSPS) is 11.7. The smallest absolute Gasteiger partial charge is 0.160 e. The summed E-state index contributed by atoms with van der Waals surface area (Å²) in [5.41, 5.74) is 11.8. The van der Waals surface area contributed by atoms with Gasteiger partial charge in [-0.1, -0.05) is 140 Å². The standard InChI is InChI=1S/C49H29N3OS/c1-2-11-31(12-3-1)41-29-42(52-49(51-41)33-24-22-30(23-25-33)34-17-8-13-32-14-10-28-50-46(32)34)39-27-26-36(47-45(39)40-16-4-6-20-43(40)53-47)38-19-9-18-37-35-15-5-7-21-44(35)54-48(37)38/h1-29H. The number of hydrogen-bond acceptors (Lipinski definition) is 5. The summed E-state index contributed by atoms with van der Waals surface area (Å²) in [5, 5.41) is 5.76. The Labute approximate surface area is 314 Å². The van der Waals surface area contributed by atoms with E-state index < -0.39 is 0 Å². The van der Waals surface area contributed by atoms with Gasteiger partial charge in [0.15, 0.2) is 5.82 Å². The lowest BCUT2D eigenvalue weighted by Gasteiger charge is -2.12. The Kier molecular flexibility index (Phi) is 7.00. The number of aromatic nitrogens is 3. The van der Waals surface area contributed by atoms with Gasteiger partial charge in [0.05, 0.1) is 16.9 Å². The van der Waals surface area contributed by atoms with Crippen molar-refractivity contribution in [3.63, 3.8) is 0 Å². The number of fused-ring (bicyclic) bond motifs is 7. The lowest BCUT2D eigenvalue weighted by molar-refractivity contribution is 0.670. The fourth-order valence-corrected chi connectivity index (χ4v) is 9.05. The van der Waals surface area contributed by atoms with Crippen molar-refractivity contribution in [2.45, 2.75) is 0 Å². The molecule has 0 aliphatic heterocycles. The van der Waals surface area contributed by atoms with E-state index in [1.165, 1.54) is 25.7 Å². The highest BCUT2D eigenvalue weighted by Crippen LogP contribution is 2.46. The van der Waals surface area contributed by atoms with E-state index in [-0.39, 0.29) is 0 Å². The zero-order valence-electron chi connectivity index (χ0n) is 28.9. The van der Waals surface area contributed by atoms with Gasteiger partial charge >= 0.3 is 0 Å². The first-order valence-corrected chi connectivity index (χ1v) is 18.8. The van der Waals surface area contributed by atoms with Gasteiger partial charge in [-0.3, -0.25) is 4.98 Å². The average Bonchev–Trinajstić information content (AvgIpc) is 3.83. The molecular formula is C49H29N3OS. The van der Waals surface area contributed by atoms with E-state index in [0.29, 0.717) is 5.82 Å². The number of nitrogens with zero attached hydrogens (tertiary/aromatic N) is 3. The van der Waals surface area contributed by atoms with Crippen LogP contribution in [-0.2, 0) is 0 Å². The number of hydrogen-bond donors (Lipinski definition) is 0. The fourth-order valence-electron chi connectivity index (χ4n) is 7.82. The van der Waals surface area contributed by atoms with Crippen molar-refractivity contribution in [2.24, 2.45) is 0 Å². The summed E-state index contributed by atoms with van der Waals surface area (Å²) in [6.45, 7) is 0. The molecule has 54 heavy (non-hydrogen) atoms. The molecule has 4 aromatic heterocycles. The van der Waals surface area contributed by atoms with E-state index in [0.717, 1.165) is 77.6 Å². The second-order valence-electron chi connectivity index (χ2n) is 13.5. The van der Waals surface area contributed by atoms with E-state index in [1.54, 1.807) is 0 Å². The Morgan fingerprint density at radius 3 is 2.07 bits per heavy atom. The molecule has 0 spiro atoms. The van der Waals surface area contributed by atoms with Crippen molar-refractivity contribution in [1.82, 2.24) is 15.0 Å². The number of thiophene rings is 1. The maximum Gasteiger partial charge on any atom is 0.160 e. The summed E-state index contributed by atoms with van der Waals surface area (Å²) < 4.78 is 9.33. The van der Waals surface area contributed by atoms with Crippen LogP contribution in [0.25, 0.3) is 109 Å². The largest absolute Gasteiger partial charge is 0.455 e. The number of furan rings is 1. The maximum absolute atomic E-state index is 6.79. The molecule has 0 unspecified atom stereocenters. The molecular weight excluding hydrogens is 679 g/mol. The first-order chi connectivity index (χ1) is 26.8. The molecule has 0 N–H and O–H groups in total. The molecule has 5 heteroatoms. The van der Waals surface area contributed by atoms with E-state index in [2.05, 4.69) is 157 Å². The molecule has 0 saturated heterocycles. The van der Waals surface area contributed by atoms with Crippen molar-refractivity contribution >= 4 is 64.4 Å². The zero-order chi connectivity index (χ0) is 35.6. The Morgan fingerprint density at radius 1 is 0.463 bits per heavy atom. The number of pyridine rings is 1.